The van der Waals surface area contributed by atoms with Crippen molar-refractivity contribution in [1.29, 1.82) is 0 Å². The van der Waals surface area contributed by atoms with E-state index in [1.165, 1.54) is 19.2 Å². The fourth-order valence-electron chi connectivity index (χ4n) is 1.51. The second kappa shape index (κ2) is 6.38. The Morgan fingerprint density at radius 1 is 1.47 bits per heavy atom. The normalized spacial score (nSPS) is 10.4. The minimum absolute atomic E-state index is 0.145. The average molecular weight is 286 g/mol. The van der Waals surface area contributed by atoms with Gasteiger partial charge in [0.2, 0.25) is 0 Å². The molecule has 0 aliphatic heterocycles. The van der Waals surface area contributed by atoms with E-state index in [0.29, 0.717) is 12.5 Å². The molecule has 0 atom stereocenters. The van der Waals surface area contributed by atoms with Gasteiger partial charge in [-0.15, -0.1) is 0 Å². The Balaban J connectivity index is 3.10. The van der Waals surface area contributed by atoms with E-state index in [1.54, 1.807) is 0 Å². The minimum Gasteiger partial charge on any atom is -0.381 e. The van der Waals surface area contributed by atoms with Crippen LogP contribution in [0.2, 0.25) is 5.02 Å². The zero-order valence-corrected chi connectivity index (χ0v) is 11.7. The van der Waals surface area contributed by atoms with Crippen molar-refractivity contribution in [2.24, 2.45) is 5.92 Å². The Kier molecular flexibility index (Phi) is 5.11. The first-order chi connectivity index (χ1) is 8.86. The molecule has 19 heavy (non-hydrogen) atoms. The summed E-state index contributed by atoms with van der Waals surface area (Å²) in [7, 11) is 1.53. The maximum absolute atomic E-state index is 11.9. The maximum Gasteiger partial charge on any atom is 0.294 e. The number of carbonyl (C=O) groups excluding carboxylic acids is 1. The lowest BCUT2D eigenvalue weighted by Crippen LogP contribution is -2.27. The minimum atomic E-state index is -0.572. The number of hydrogen-bond acceptors (Lipinski definition) is 4. The Morgan fingerprint density at radius 3 is 2.58 bits per heavy atom. The van der Waals surface area contributed by atoms with Crippen molar-refractivity contribution in [2.45, 2.75) is 13.8 Å². The van der Waals surface area contributed by atoms with Gasteiger partial charge in [-0.1, -0.05) is 25.4 Å². The summed E-state index contributed by atoms with van der Waals surface area (Å²) in [6.07, 6.45) is 0. The molecule has 7 heteroatoms. The molecule has 0 heterocycles. The molecule has 0 radical (unpaired) electrons. The number of nitrogens with zero attached hydrogens (tertiary/aromatic N) is 1. The third kappa shape index (κ3) is 3.82. The molecule has 0 unspecified atom stereocenters. The summed E-state index contributed by atoms with van der Waals surface area (Å²) in [4.78, 5) is 22.2. The fraction of sp³-hybridized carbons (Fsp3) is 0.417. The quantitative estimate of drug-likeness (QED) is 0.643. The molecule has 1 amide bonds. The van der Waals surface area contributed by atoms with Crippen LogP contribution in [0.15, 0.2) is 12.1 Å². The van der Waals surface area contributed by atoms with Gasteiger partial charge in [0.25, 0.3) is 11.6 Å². The summed E-state index contributed by atoms with van der Waals surface area (Å²) in [6.45, 7) is 4.41. The average Bonchev–Trinajstić information content (AvgIpc) is 2.34. The molecule has 0 bridgehead atoms. The highest BCUT2D eigenvalue weighted by Crippen LogP contribution is 2.33. The van der Waals surface area contributed by atoms with Crippen molar-refractivity contribution in [3.8, 4) is 0 Å². The number of anilines is 1. The summed E-state index contributed by atoms with van der Waals surface area (Å²) in [5.41, 5.74) is 0.160. The van der Waals surface area contributed by atoms with Crippen LogP contribution in [0.3, 0.4) is 0 Å². The van der Waals surface area contributed by atoms with E-state index in [-0.39, 0.29) is 27.9 Å². The first-order valence-corrected chi connectivity index (χ1v) is 6.18. The van der Waals surface area contributed by atoms with Crippen molar-refractivity contribution in [1.82, 2.24) is 5.32 Å². The van der Waals surface area contributed by atoms with Crippen LogP contribution in [0.4, 0.5) is 11.4 Å². The summed E-state index contributed by atoms with van der Waals surface area (Å²) >= 11 is 5.94. The fourth-order valence-corrected chi connectivity index (χ4v) is 1.82. The van der Waals surface area contributed by atoms with Gasteiger partial charge >= 0.3 is 0 Å². The van der Waals surface area contributed by atoms with Crippen LogP contribution in [-0.2, 0) is 0 Å². The van der Waals surface area contributed by atoms with Gasteiger partial charge in [0, 0.05) is 25.2 Å². The monoisotopic (exact) mass is 285 g/mol. The Bertz CT molecular complexity index is 503. The Morgan fingerprint density at radius 2 is 2.11 bits per heavy atom. The van der Waals surface area contributed by atoms with Gasteiger partial charge in [-0.05, 0) is 12.0 Å². The van der Waals surface area contributed by atoms with Crippen LogP contribution in [-0.4, -0.2) is 24.4 Å². The zero-order valence-electron chi connectivity index (χ0n) is 11.0. The highest BCUT2D eigenvalue weighted by molar-refractivity contribution is 6.34. The van der Waals surface area contributed by atoms with E-state index in [9.17, 15) is 14.9 Å². The van der Waals surface area contributed by atoms with Crippen molar-refractivity contribution in [2.75, 3.05) is 18.9 Å². The Hall–Kier alpha value is -1.82. The van der Waals surface area contributed by atoms with Crippen molar-refractivity contribution in [3.05, 3.63) is 32.8 Å². The number of halogens is 1. The molecule has 0 saturated heterocycles. The van der Waals surface area contributed by atoms with Crippen LogP contribution in [0, 0.1) is 16.0 Å². The van der Waals surface area contributed by atoms with Crippen molar-refractivity contribution >= 4 is 28.9 Å². The first-order valence-electron chi connectivity index (χ1n) is 5.80. The molecule has 0 saturated carbocycles. The zero-order chi connectivity index (χ0) is 14.6. The van der Waals surface area contributed by atoms with Crippen LogP contribution in [0.1, 0.15) is 24.2 Å². The topological polar surface area (TPSA) is 84.3 Å². The second-order valence-electron chi connectivity index (χ2n) is 4.46. The lowest BCUT2D eigenvalue weighted by Gasteiger charge is -2.10. The number of amides is 1. The Labute approximate surface area is 116 Å². The molecule has 0 spiro atoms. The van der Waals surface area contributed by atoms with Crippen molar-refractivity contribution in [3.63, 3.8) is 0 Å². The van der Waals surface area contributed by atoms with Crippen LogP contribution in [0.5, 0.6) is 0 Å². The molecule has 6 nitrogen and oxygen atoms in total. The molecular weight excluding hydrogens is 270 g/mol. The van der Waals surface area contributed by atoms with Gasteiger partial charge in [-0.2, -0.15) is 0 Å². The molecule has 1 aromatic rings. The van der Waals surface area contributed by atoms with Gasteiger partial charge in [-0.3, -0.25) is 14.9 Å². The number of nitrogens with one attached hydrogen (secondary N) is 2. The summed E-state index contributed by atoms with van der Waals surface area (Å²) in [6, 6.07) is 2.63. The second-order valence-corrected chi connectivity index (χ2v) is 4.87. The van der Waals surface area contributed by atoms with E-state index in [0.717, 1.165) is 0 Å². The van der Waals surface area contributed by atoms with Gasteiger partial charge < -0.3 is 10.6 Å². The summed E-state index contributed by atoms with van der Waals surface area (Å²) < 4.78 is 0. The molecule has 0 aromatic heterocycles. The predicted octanol–water partition coefficient (Wildman–Crippen LogP) is 2.68. The third-order valence-electron chi connectivity index (χ3n) is 2.45. The number of nitro groups is 1. The number of hydrogen-bond donors (Lipinski definition) is 2. The lowest BCUT2D eigenvalue weighted by molar-refractivity contribution is -0.383. The molecule has 104 valence electrons. The molecule has 0 aliphatic carbocycles. The summed E-state index contributed by atoms with van der Waals surface area (Å²) in [5.74, 6) is -0.0765. The van der Waals surface area contributed by atoms with Gasteiger partial charge in [0.05, 0.1) is 9.95 Å². The van der Waals surface area contributed by atoms with E-state index >= 15 is 0 Å². The highest BCUT2D eigenvalue weighted by Gasteiger charge is 2.20. The van der Waals surface area contributed by atoms with E-state index in [2.05, 4.69) is 10.6 Å². The van der Waals surface area contributed by atoms with Crippen molar-refractivity contribution < 1.29 is 9.72 Å². The molecule has 1 rings (SSSR count). The third-order valence-corrected chi connectivity index (χ3v) is 2.75. The van der Waals surface area contributed by atoms with Crippen LogP contribution >= 0.6 is 11.6 Å². The van der Waals surface area contributed by atoms with Gasteiger partial charge in [0.15, 0.2) is 0 Å². The van der Waals surface area contributed by atoms with Crippen LogP contribution in [0.25, 0.3) is 0 Å². The molecule has 2 N–H and O–H groups in total. The molecule has 0 fully saturated rings. The summed E-state index contributed by atoms with van der Waals surface area (Å²) in [5, 5.41) is 16.4. The standard InChI is InChI=1S/C12H16ClN3O3/c1-7(2)6-15-12(17)8-4-9(13)11(14-3)10(5-8)16(18)19/h4-5,7,14H,6H2,1-3H3,(H,15,17). The van der Waals surface area contributed by atoms with E-state index in [1.807, 2.05) is 13.8 Å². The number of benzene rings is 1. The SMILES string of the molecule is CNc1c(Cl)cc(C(=O)NCC(C)C)cc1[N+](=O)[O-]. The maximum atomic E-state index is 11.9. The van der Waals surface area contributed by atoms with E-state index < -0.39 is 4.92 Å². The highest BCUT2D eigenvalue weighted by atomic mass is 35.5. The molecular formula is C12H16ClN3O3. The molecule has 1 aromatic carbocycles. The van der Waals surface area contributed by atoms with E-state index in [4.69, 9.17) is 11.6 Å². The first kappa shape index (κ1) is 15.2. The number of rotatable bonds is 5. The number of nitro benzene ring substituents is 1. The van der Waals surface area contributed by atoms with Gasteiger partial charge in [0.1, 0.15) is 5.69 Å². The smallest absolute Gasteiger partial charge is 0.294 e. The number of carbonyl (C=O) groups is 1. The van der Waals surface area contributed by atoms with Gasteiger partial charge in [-0.25, -0.2) is 0 Å². The predicted molar refractivity (Wildman–Crippen MR) is 74.8 cm³/mol. The van der Waals surface area contributed by atoms with Crippen LogP contribution < -0.4 is 10.6 Å². The molecule has 0 aliphatic rings. The largest absolute Gasteiger partial charge is 0.381 e. The lowest BCUT2D eigenvalue weighted by atomic mass is 10.1.